The number of rotatable bonds is 3. The first-order valence-electron chi connectivity index (χ1n) is 5.73. The molecule has 21 heavy (non-hydrogen) atoms. The van der Waals surface area contributed by atoms with Crippen LogP contribution >= 0.6 is 0 Å². The second kappa shape index (κ2) is 5.23. The normalized spacial score (nSPS) is 16.3. The second-order valence-corrected chi connectivity index (χ2v) is 4.19. The Morgan fingerprint density at radius 3 is 2.67 bits per heavy atom. The maximum absolute atomic E-state index is 13.5. The molecule has 0 saturated carbocycles. The van der Waals surface area contributed by atoms with E-state index in [1.54, 1.807) is 0 Å². The van der Waals surface area contributed by atoms with Crippen molar-refractivity contribution in [3.63, 3.8) is 0 Å². The SMILES string of the molecule is COc1cc(/C=C2\N=C(C(=O)O)N(C)C2=O)cc(F)c1O. The number of phenolic OH excluding ortho intramolecular Hbond substituents is 1. The number of halogens is 1. The van der Waals surface area contributed by atoms with Crippen molar-refractivity contribution in [1.82, 2.24) is 4.90 Å². The molecule has 7 nitrogen and oxygen atoms in total. The lowest BCUT2D eigenvalue weighted by Crippen LogP contribution is -2.32. The number of carbonyl (C=O) groups excluding carboxylic acids is 1. The molecular formula is C13H11FN2O5. The van der Waals surface area contributed by atoms with Gasteiger partial charge in [0.05, 0.1) is 7.11 Å². The van der Waals surface area contributed by atoms with Crippen LogP contribution in [0.1, 0.15) is 5.56 Å². The lowest BCUT2D eigenvalue weighted by atomic mass is 10.1. The van der Waals surface area contributed by atoms with Gasteiger partial charge in [-0.05, 0) is 23.8 Å². The van der Waals surface area contributed by atoms with Crippen molar-refractivity contribution in [1.29, 1.82) is 0 Å². The van der Waals surface area contributed by atoms with E-state index in [1.807, 2.05) is 0 Å². The Hall–Kier alpha value is -2.90. The molecule has 0 spiro atoms. The number of carboxylic acid groups (broad SMARTS) is 1. The van der Waals surface area contributed by atoms with Crippen LogP contribution in [0.15, 0.2) is 22.8 Å². The molecule has 0 fully saturated rings. The zero-order valence-electron chi connectivity index (χ0n) is 11.1. The third-order valence-electron chi connectivity index (χ3n) is 2.83. The van der Waals surface area contributed by atoms with Gasteiger partial charge in [-0.25, -0.2) is 14.2 Å². The van der Waals surface area contributed by atoms with Gasteiger partial charge in [-0.2, -0.15) is 0 Å². The number of benzene rings is 1. The summed E-state index contributed by atoms with van der Waals surface area (Å²) in [4.78, 5) is 27.3. The maximum atomic E-state index is 13.5. The van der Waals surface area contributed by atoms with Crippen LogP contribution in [0.4, 0.5) is 4.39 Å². The van der Waals surface area contributed by atoms with Crippen LogP contribution in [0, 0.1) is 5.82 Å². The fourth-order valence-electron chi connectivity index (χ4n) is 1.78. The van der Waals surface area contributed by atoms with Crippen LogP contribution in [-0.4, -0.2) is 47.0 Å². The first-order chi connectivity index (χ1) is 9.85. The second-order valence-electron chi connectivity index (χ2n) is 4.19. The van der Waals surface area contributed by atoms with Crippen LogP contribution in [0.3, 0.4) is 0 Å². The molecule has 1 aliphatic rings. The molecule has 1 aliphatic heterocycles. The lowest BCUT2D eigenvalue weighted by molar-refractivity contribution is -0.131. The molecule has 0 unspecified atom stereocenters. The summed E-state index contributed by atoms with van der Waals surface area (Å²) in [6.07, 6.45) is 1.21. The Balaban J connectivity index is 2.47. The number of aliphatic imine (C=N–C) groups is 1. The lowest BCUT2D eigenvalue weighted by Gasteiger charge is -2.07. The Kier molecular flexibility index (Phi) is 3.62. The van der Waals surface area contributed by atoms with Crippen molar-refractivity contribution in [2.24, 2.45) is 4.99 Å². The summed E-state index contributed by atoms with van der Waals surface area (Å²) < 4.78 is 18.3. The van der Waals surface area contributed by atoms with Gasteiger partial charge >= 0.3 is 5.97 Å². The van der Waals surface area contributed by atoms with E-state index < -0.39 is 29.3 Å². The third-order valence-corrected chi connectivity index (χ3v) is 2.83. The molecule has 0 aliphatic carbocycles. The highest BCUT2D eigenvalue weighted by atomic mass is 19.1. The summed E-state index contributed by atoms with van der Waals surface area (Å²) in [6, 6.07) is 2.28. The van der Waals surface area contributed by atoms with Crippen molar-refractivity contribution in [2.45, 2.75) is 0 Å². The minimum absolute atomic E-state index is 0.108. The van der Waals surface area contributed by atoms with E-state index in [9.17, 15) is 19.1 Å². The first-order valence-corrected chi connectivity index (χ1v) is 5.73. The van der Waals surface area contributed by atoms with Gasteiger partial charge in [0.25, 0.3) is 5.91 Å². The number of amides is 1. The summed E-state index contributed by atoms with van der Waals surface area (Å²) in [5.41, 5.74) is 0.0522. The molecule has 1 aromatic carbocycles. The molecule has 1 amide bonds. The van der Waals surface area contributed by atoms with Gasteiger partial charge in [-0.3, -0.25) is 9.69 Å². The number of hydrogen-bond donors (Lipinski definition) is 2. The van der Waals surface area contributed by atoms with Crippen molar-refractivity contribution in [3.05, 3.63) is 29.2 Å². The van der Waals surface area contributed by atoms with Crippen molar-refractivity contribution >= 4 is 23.8 Å². The number of amidine groups is 1. The molecule has 1 aromatic rings. The molecule has 1 heterocycles. The predicted octanol–water partition coefficient (Wildman–Crippen LogP) is 0.836. The summed E-state index contributed by atoms with van der Waals surface area (Å²) >= 11 is 0. The molecule has 0 atom stereocenters. The Bertz CT molecular complexity index is 696. The minimum Gasteiger partial charge on any atom is -0.502 e. The molecule has 2 N–H and O–H groups in total. The van der Waals surface area contributed by atoms with E-state index in [4.69, 9.17) is 9.84 Å². The highest BCUT2D eigenvalue weighted by molar-refractivity contribution is 6.41. The van der Waals surface area contributed by atoms with Gasteiger partial charge in [-0.1, -0.05) is 0 Å². The fourth-order valence-corrected chi connectivity index (χ4v) is 1.78. The van der Waals surface area contributed by atoms with E-state index in [0.29, 0.717) is 0 Å². The highest BCUT2D eigenvalue weighted by Crippen LogP contribution is 2.31. The van der Waals surface area contributed by atoms with Crippen LogP contribution in [0.25, 0.3) is 6.08 Å². The molecule has 0 saturated heterocycles. The molecule has 0 radical (unpaired) electrons. The standard InChI is InChI=1S/C13H11FN2O5/c1-16-11(13(19)20)15-8(12(16)18)4-6-3-7(14)10(17)9(5-6)21-2/h3-5,17H,1-2H3,(H,19,20)/b8-4-. The average Bonchev–Trinajstić information content (AvgIpc) is 2.71. The summed E-state index contributed by atoms with van der Waals surface area (Å²) in [6.45, 7) is 0. The Labute approximate surface area is 118 Å². The number of nitrogens with zero attached hydrogens (tertiary/aromatic N) is 2. The van der Waals surface area contributed by atoms with E-state index in [2.05, 4.69) is 4.99 Å². The maximum Gasteiger partial charge on any atom is 0.372 e. The van der Waals surface area contributed by atoms with E-state index in [0.717, 1.165) is 11.0 Å². The minimum atomic E-state index is -1.34. The quantitative estimate of drug-likeness (QED) is 0.805. The zero-order valence-corrected chi connectivity index (χ0v) is 11.1. The number of carboxylic acids is 1. The van der Waals surface area contributed by atoms with Crippen LogP contribution < -0.4 is 4.74 Å². The monoisotopic (exact) mass is 294 g/mol. The smallest absolute Gasteiger partial charge is 0.372 e. The summed E-state index contributed by atoms with van der Waals surface area (Å²) in [5.74, 6) is -4.07. The topological polar surface area (TPSA) is 99.4 Å². The number of aliphatic carboxylic acids is 1. The van der Waals surface area contributed by atoms with Crippen molar-refractivity contribution < 1.29 is 28.9 Å². The van der Waals surface area contributed by atoms with Crippen LogP contribution in [-0.2, 0) is 9.59 Å². The van der Waals surface area contributed by atoms with Gasteiger partial charge in [-0.15, -0.1) is 0 Å². The molecule has 0 bridgehead atoms. The van der Waals surface area contributed by atoms with Crippen molar-refractivity contribution in [2.75, 3.05) is 14.2 Å². The molecular weight excluding hydrogens is 283 g/mol. The first kappa shape index (κ1) is 14.5. The predicted molar refractivity (Wildman–Crippen MR) is 70.4 cm³/mol. The number of aromatic hydroxyl groups is 1. The number of methoxy groups -OCH3 is 1. The molecule has 0 aromatic heterocycles. The Morgan fingerprint density at radius 1 is 1.48 bits per heavy atom. The van der Waals surface area contributed by atoms with E-state index >= 15 is 0 Å². The van der Waals surface area contributed by atoms with Gasteiger partial charge < -0.3 is 14.9 Å². The Morgan fingerprint density at radius 2 is 2.14 bits per heavy atom. The van der Waals surface area contributed by atoms with Gasteiger partial charge in [0.1, 0.15) is 5.70 Å². The van der Waals surface area contributed by atoms with Crippen LogP contribution in [0.5, 0.6) is 11.5 Å². The summed E-state index contributed by atoms with van der Waals surface area (Å²) in [7, 11) is 2.52. The highest BCUT2D eigenvalue weighted by Gasteiger charge is 2.31. The fraction of sp³-hybridized carbons (Fsp3) is 0.154. The van der Waals surface area contributed by atoms with E-state index in [-0.39, 0.29) is 17.0 Å². The van der Waals surface area contributed by atoms with Gasteiger partial charge in [0, 0.05) is 7.05 Å². The molecule has 2 rings (SSSR count). The van der Waals surface area contributed by atoms with Crippen molar-refractivity contribution in [3.8, 4) is 11.5 Å². The zero-order chi connectivity index (χ0) is 15.7. The van der Waals surface area contributed by atoms with Gasteiger partial charge in [0.2, 0.25) is 5.84 Å². The van der Waals surface area contributed by atoms with Crippen LogP contribution in [0.2, 0.25) is 0 Å². The number of likely N-dealkylation sites (N-methyl/N-ethyl adjacent to an activating group) is 1. The number of phenols is 1. The largest absolute Gasteiger partial charge is 0.502 e. The number of carbonyl (C=O) groups is 2. The molecule has 8 heteroatoms. The summed E-state index contributed by atoms with van der Waals surface area (Å²) in [5, 5.41) is 18.3. The number of hydrogen-bond acceptors (Lipinski definition) is 5. The molecule has 110 valence electrons. The third kappa shape index (κ3) is 2.55. The number of ether oxygens (including phenoxy) is 1. The average molecular weight is 294 g/mol. The van der Waals surface area contributed by atoms with E-state index in [1.165, 1.54) is 26.3 Å². The van der Waals surface area contributed by atoms with Gasteiger partial charge in [0.15, 0.2) is 17.3 Å².